The Morgan fingerprint density at radius 3 is 2.80 bits per heavy atom. The molecule has 1 aromatic heterocycles. The average molecular weight is 342 g/mol. The van der Waals surface area contributed by atoms with Gasteiger partial charge in [0.1, 0.15) is 11.4 Å². The lowest BCUT2D eigenvalue weighted by molar-refractivity contribution is 0.0948. The van der Waals surface area contributed by atoms with Crippen LogP contribution < -0.4 is 15.4 Å². The van der Waals surface area contributed by atoms with Crippen LogP contribution in [0.1, 0.15) is 42.2 Å². The Balaban J connectivity index is 1.85. The molecule has 134 valence electrons. The van der Waals surface area contributed by atoms with Crippen LogP contribution in [0.25, 0.3) is 0 Å². The topological polar surface area (TPSA) is 76.1 Å². The molecule has 1 amide bonds. The third-order valence-corrected chi connectivity index (χ3v) is 3.82. The van der Waals surface area contributed by atoms with Crippen molar-refractivity contribution < 1.29 is 9.53 Å². The van der Waals surface area contributed by atoms with Gasteiger partial charge in [0.25, 0.3) is 5.91 Å². The second-order valence-corrected chi connectivity index (χ2v) is 5.72. The third-order valence-electron chi connectivity index (χ3n) is 3.82. The summed E-state index contributed by atoms with van der Waals surface area (Å²) in [6.45, 7) is 3.46. The monoisotopic (exact) mass is 342 g/mol. The molecule has 0 spiro atoms. The number of nitrogens with one attached hydrogen (secondary N) is 2. The second kappa shape index (κ2) is 10.3. The highest BCUT2D eigenvalue weighted by molar-refractivity contribution is 5.92. The quantitative estimate of drug-likeness (QED) is 0.649. The number of carbonyl (C=O) groups excluding carboxylic acids is 1. The molecule has 0 aliphatic carbocycles. The molecule has 0 aliphatic heterocycles. The van der Waals surface area contributed by atoms with Crippen molar-refractivity contribution in [2.75, 3.05) is 25.5 Å². The molecule has 6 nitrogen and oxygen atoms in total. The van der Waals surface area contributed by atoms with Crippen molar-refractivity contribution in [3.05, 3.63) is 47.8 Å². The van der Waals surface area contributed by atoms with Gasteiger partial charge in [-0.1, -0.05) is 38.0 Å². The van der Waals surface area contributed by atoms with Crippen molar-refractivity contribution in [2.24, 2.45) is 0 Å². The standard InChI is InChI=1S/C19H26N4O2/c1-3-4-7-12-20-18(24)16-11-14-22-19(23-16)21-13-10-15-8-5-6-9-17(15)25-2/h5-6,8-9,11,14H,3-4,7,10,12-13H2,1-2H3,(H,20,24)(H,21,22,23). The molecular weight excluding hydrogens is 316 g/mol. The molecule has 6 heteroatoms. The summed E-state index contributed by atoms with van der Waals surface area (Å²) < 4.78 is 5.34. The predicted octanol–water partition coefficient (Wildman–Crippen LogP) is 3.06. The van der Waals surface area contributed by atoms with E-state index in [4.69, 9.17) is 4.74 Å². The van der Waals surface area contributed by atoms with Gasteiger partial charge in [-0.15, -0.1) is 0 Å². The summed E-state index contributed by atoms with van der Waals surface area (Å²) in [5.74, 6) is 1.16. The van der Waals surface area contributed by atoms with Crippen LogP contribution in [0, 0.1) is 0 Å². The van der Waals surface area contributed by atoms with E-state index < -0.39 is 0 Å². The summed E-state index contributed by atoms with van der Waals surface area (Å²) in [4.78, 5) is 20.5. The van der Waals surface area contributed by atoms with E-state index in [1.807, 2.05) is 24.3 Å². The number of ether oxygens (including phenoxy) is 1. The summed E-state index contributed by atoms with van der Waals surface area (Å²) in [7, 11) is 1.66. The van der Waals surface area contributed by atoms with Crippen LogP contribution in [0.3, 0.4) is 0 Å². The van der Waals surface area contributed by atoms with E-state index in [1.165, 1.54) is 0 Å². The third kappa shape index (κ3) is 6.06. The Kier molecular flexibility index (Phi) is 7.69. The van der Waals surface area contributed by atoms with Crippen molar-refractivity contribution in [2.45, 2.75) is 32.6 Å². The first-order chi connectivity index (χ1) is 12.2. The Labute approximate surface area is 149 Å². The molecule has 2 N–H and O–H groups in total. The number of amides is 1. The van der Waals surface area contributed by atoms with Crippen molar-refractivity contribution in [1.82, 2.24) is 15.3 Å². The molecule has 0 unspecified atom stereocenters. The summed E-state index contributed by atoms with van der Waals surface area (Å²) in [5.41, 5.74) is 1.49. The van der Waals surface area contributed by atoms with E-state index in [2.05, 4.69) is 27.5 Å². The number of hydrogen-bond donors (Lipinski definition) is 2. The Morgan fingerprint density at radius 2 is 2.00 bits per heavy atom. The van der Waals surface area contributed by atoms with E-state index >= 15 is 0 Å². The van der Waals surface area contributed by atoms with E-state index in [1.54, 1.807) is 19.4 Å². The van der Waals surface area contributed by atoms with Crippen LogP contribution in [0.4, 0.5) is 5.95 Å². The van der Waals surface area contributed by atoms with Crippen LogP contribution in [0.5, 0.6) is 5.75 Å². The Hall–Kier alpha value is -2.63. The lowest BCUT2D eigenvalue weighted by atomic mass is 10.1. The van der Waals surface area contributed by atoms with Crippen molar-refractivity contribution >= 4 is 11.9 Å². The number of unbranched alkanes of at least 4 members (excludes halogenated alkanes) is 2. The van der Waals surface area contributed by atoms with Gasteiger partial charge in [0.15, 0.2) is 0 Å². The van der Waals surface area contributed by atoms with E-state index in [9.17, 15) is 4.79 Å². The zero-order valence-corrected chi connectivity index (χ0v) is 14.9. The fourth-order valence-electron chi connectivity index (χ4n) is 2.46. The highest BCUT2D eigenvalue weighted by Gasteiger charge is 2.08. The maximum atomic E-state index is 12.1. The summed E-state index contributed by atoms with van der Waals surface area (Å²) >= 11 is 0. The molecule has 0 radical (unpaired) electrons. The fraction of sp³-hybridized carbons (Fsp3) is 0.421. The first-order valence-electron chi connectivity index (χ1n) is 8.71. The van der Waals surface area contributed by atoms with Crippen molar-refractivity contribution in [1.29, 1.82) is 0 Å². The number of para-hydroxylation sites is 1. The highest BCUT2D eigenvalue weighted by Crippen LogP contribution is 2.17. The maximum Gasteiger partial charge on any atom is 0.270 e. The molecule has 2 rings (SSSR count). The number of benzene rings is 1. The second-order valence-electron chi connectivity index (χ2n) is 5.72. The van der Waals surface area contributed by atoms with Gasteiger partial charge in [0, 0.05) is 19.3 Å². The molecule has 0 saturated heterocycles. The summed E-state index contributed by atoms with van der Waals surface area (Å²) in [6, 6.07) is 9.52. The highest BCUT2D eigenvalue weighted by atomic mass is 16.5. The number of carbonyl (C=O) groups is 1. The lowest BCUT2D eigenvalue weighted by Crippen LogP contribution is -2.25. The smallest absolute Gasteiger partial charge is 0.270 e. The van der Waals surface area contributed by atoms with Crippen LogP contribution in [0.15, 0.2) is 36.5 Å². The maximum absolute atomic E-state index is 12.1. The first-order valence-corrected chi connectivity index (χ1v) is 8.71. The number of nitrogens with zero attached hydrogens (tertiary/aromatic N) is 2. The van der Waals surface area contributed by atoms with Gasteiger partial charge in [-0.25, -0.2) is 9.97 Å². The van der Waals surface area contributed by atoms with Gasteiger partial charge < -0.3 is 15.4 Å². The van der Waals surface area contributed by atoms with Gasteiger partial charge in [-0.3, -0.25) is 4.79 Å². The average Bonchev–Trinajstić information content (AvgIpc) is 2.65. The van der Waals surface area contributed by atoms with Crippen molar-refractivity contribution in [3.8, 4) is 5.75 Å². The van der Waals surface area contributed by atoms with Gasteiger partial charge in [-0.05, 0) is 30.5 Å². The molecule has 0 atom stereocenters. The van der Waals surface area contributed by atoms with Crippen LogP contribution in [0.2, 0.25) is 0 Å². The zero-order chi connectivity index (χ0) is 17.9. The van der Waals surface area contributed by atoms with Gasteiger partial charge in [0.2, 0.25) is 5.95 Å². The Bertz CT molecular complexity index is 676. The van der Waals surface area contributed by atoms with Crippen LogP contribution in [-0.2, 0) is 6.42 Å². The van der Waals surface area contributed by atoms with Crippen molar-refractivity contribution in [3.63, 3.8) is 0 Å². The number of methoxy groups -OCH3 is 1. The largest absolute Gasteiger partial charge is 0.496 e. The van der Waals surface area contributed by atoms with E-state index in [-0.39, 0.29) is 5.91 Å². The Morgan fingerprint density at radius 1 is 1.16 bits per heavy atom. The lowest BCUT2D eigenvalue weighted by Gasteiger charge is -2.09. The fourth-order valence-corrected chi connectivity index (χ4v) is 2.46. The molecule has 1 aromatic carbocycles. The predicted molar refractivity (Wildman–Crippen MR) is 99.1 cm³/mol. The number of hydrogen-bond acceptors (Lipinski definition) is 5. The van der Waals surface area contributed by atoms with Gasteiger partial charge in [-0.2, -0.15) is 0 Å². The normalized spacial score (nSPS) is 10.3. The molecule has 2 aromatic rings. The molecule has 0 bridgehead atoms. The number of aromatic nitrogens is 2. The SMILES string of the molecule is CCCCCNC(=O)c1ccnc(NCCc2ccccc2OC)n1. The van der Waals surface area contributed by atoms with Gasteiger partial charge in [0.05, 0.1) is 7.11 Å². The number of rotatable bonds is 10. The molecule has 0 aliphatic rings. The van der Waals surface area contributed by atoms with Crippen LogP contribution in [-0.4, -0.2) is 36.1 Å². The molecule has 0 fully saturated rings. The minimum atomic E-state index is -0.161. The zero-order valence-electron chi connectivity index (χ0n) is 14.9. The van der Waals surface area contributed by atoms with E-state index in [0.29, 0.717) is 24.7 Å². The molecule has 0 saturated carbocycles. The number of anilines is 1. The molecular formula is C19H26N4O2. The molecule has 25 heavy (non-hydrogen) atoms. The van der Waals surface area contributed by atoms with Gasteiger partial charge >= 0.3 is 0 Å². The van der Waals surface area contributed by atoms with E-state index in [0.717, 1.165) is 37.0 Å². The minimum absolute atomic E-state index is 0.161. The first kappa shape index (κ1) is 18.7. The summed E-state index contributed by atoms with van der Waals surface area (Å²) in [6.07, 6.45) is 5.60. The molecule has 1 heterocycles. The van der Waals surface area contributed by atoms with Crippen LogP contribution >= 0.6 is 0 Å². The minimum Gasteiger partial charge on any atom is -0.496 e. The summed E-state index contributed by atoms with van der Waals surface area (Å²) in [5, 5.41) is 6.04.